The third-order valence-corrected chi connectivity index (χ3v) is 6.13. The second-order valence-electron chi connectivity index (χ2n) is 7.22. The van der Waals surface area contributed by atoms with E-state index in [0.717, 1.165) is 42.1 Å². The molecule has 0 spiro atoms. The molecule has 1 N–H and O–H groups in total. The first-order valence-corrected chi connectivity index (χ1v) is 10.9. The molecular weight excluding hydrogens is 418 g/mol. The number of hydrogen-bond acceptors (Lipinski definition) is 8. The van der Waals surface area contributed by atoms with E-state index in [0.29, 0.717) is 22.6 Å². The van der Waals surface area contributed by atoms with Crippen molar-refractivity contribution >= 4 is 34.5 Å². The van der Waals surface area contributed by atoms with Crippen LogP contribution in [0.1, 0.15) is 37.8 Å². The molecule has 1 aliphatic carbocycles. The Morgan fingerprint density at radius 3 is 2.58 bits per heavy atom. The molecule has 0 saturated heterocycles. The van der Waals surface area contributed by atoms with Crippen molar-refractivity contribution in [2.24, 2.45) is 4.99 Å². The van der Waals surface area contributed by atoms with Gasteiger partial charge in [0, 0.05) is 12.1 Å². The number of nitrogens with zero attached hydrogens (tertiary/aromatic N) is 4. The molecule has 0 atom stereocenters. The molecule has 0 bridgehead atoms. The molecule has 1 amide bonds. The lowest BCUT2D eigenvalue weighted by Crippen LogP contribution is -2.23. The van der Waals surface area contributed by atoms with Crippen LogP contribution in [0, 0.1) is 0 Å². The van der Waals surface area contributed by atoms with Gasteiger partial charge in [-0.05, 0) is 37.1 Å². The van der Waals surface area contributed by atoms with Gasteiger partial charge in [0.25, 0.3) is 5.91 Å². The summed E-state index contributed by atoms with van der Waals surface area (Å²) in [6.45, 7) is 0. The highest BCUT2D eigenvalue weighted by Gasteiger charge is 2.30. The maximum atomic E-state index is 12.3. The number of hydrogen-bond donors (Lipinski definition) is 1. The number of thioether (sulfide) groups is 1. The molecule has 2 aromatic rings. The van der Waals surface area contributed by atoms with E-state index in [1.165, 1.54) is 31.2 Å². The van der Waals surface area contributed by atoms with Gasteiger partial charge in [-0.2, -0.15) is 4.99 Å². The zero-order valence-corrected chi connectivity index (χ0v) is 18.1. The molecule has 0 radical (unpaired) electrons. The van der Waals surface area contributed by atoms with Gasteiger partial charge in [0.1, 0.15) is 10.8 Å². The summed E-state index contributed by atoms with van der Waals surface area (Å²) >= 11 is 1.09. The number of amides is 1. The number of aromatic nitrogens is 3. The molecule has 1 saturated carbocycles. The van der Waals surface area contributed by atoms with Crippen molar-refractivity contribution in [2.75, 3.05) is 19.5 Å². The Balaban J connectivity index is 1.66. The van der Waals surface area contributed by atoms with E-state index >= 15 is 0 Å². The topological polar surface area (TPSA) is 108 Å². The summed E-state index contributed by atoms with van der Waals surface area (Å²) in [4.78, 5) is 29.7. The second kappa shape index (κ2) is 9.34. The maximum absolute atomic E-state index is 12.3. The molecule has 0 unspecified atom stereocenters. The van der Waals surface area contributed by atoms with E-state index in [1.807, 2.05) is 24.3 Å². The highest BCUT2D eigenvalue weighted by Crippen LogP contribution is 2.33. The van der Waals surface area contributed by atoms with Crippen LogP contribution in [0.15, 0.2) is 40.2 Å². The van der Waals surface area contributed by atoms with E-state index in [-0.39, 0.29) is 4.91 Å². The fourth-order valence-corrected chi connectivity index (χ4v) is 4.35. The minimum Gasteiger partial charge on any atom is -0.497 e. The van der Waals surface area contributed by atoms with Crippen LogP contribution in [0.2, 0.25) is 0 Å². The number of carbonyl (C=O) groups excluding carboxylic acids is 2. The lowest BCUT2D eigenvalue weighted by molar-refractivity contribution is -0.135. The molecule has 2 aliphatic rings. The minimum atomic E-state index is -0.602. The molecule has 31 heavy (non-hydrogen) atoms. The Hall–Kier alpha value is -3.14. The number of carbonyl (C=O) groups is 2. The van der Waals surface area contributed by atoms with Gasteiger partial charge in [-0.3, -0.25) is 4.79 Å². The van der Waals surface area contributed by atoms with Gasteiger partial charge >= 0.3 is 5.97 Å². The van der Waals surface area contributed by atoms with Crippen LogP contribution >= 0.6 is 11.8 Å². The predicted molar refractivity (Wildman–Crippen MR) is 118 cm³/mol. The number of rotatable bonds is 6. The van der Waals surface area contributed by atoms with Crippen LogP contribution in [0.25, 0.3) is 5.69 Å². The molecule has 4 rings (SSSR count). The lowest BCUT2D eigenvalue weighted by atomic mass is 9.95. The molecule has 2 heterocycles. The zero-order chi connectivity index (χ0) is 21.8. The average Bonchev–Trinajstić information content (AvgIpc) is 3.38. The minimum absolute atomic E-state index is 0.199. The number of esters is 1. The standard InChI is InChI=1S/C21H23N5O4S/c1-29-15-10-8-14(9-11-15)26-24-18(19(25-26)22-13-6-4-3-5-7-13)21-23-20(28)16(31-21)12-17(27)30-2/h8-13H,3-7H2,1-2H3,(H,22,25). The largest absolute Gasteiger partial charge is 0.497 e. The molecule has 9 nitrogen and oxygen atoms in total. The Morgan fingerprint density at radius 1 is 1.16 bits per heavy atom. The number of aliphatic imine (C=N–C) groups is 1. The second-order valence-corrected chi connectivity index (χ2v) is 8.25. The summed E-state index contributed by atoms with van der Waals surface area (Å²) in [6.07, 6.45) is 6.83. The average molecular weight is 442 g/mol. The van der Waals surface area contributed by atoms with Crippen molar-refractivity contribution in [2.45, 2.75) is 38.1 Å². The van der Waals surface area contributed by atoms with Gasteiger partial charge in [-0.15, -0.1) is 15.0 Å². The van der Waals surface area contributed by atoms with Gasteiger partial charge in [0.2, 0.25) is 0 Å². The van der Waals surface area contributed by atoms with Crippen LogP contribution in [-0.2, 0) is 14.3 Å². The Bertz CT molecular complexity index is 1040. The van der Waals surface area contributed by atoms with E-state index in [2.05, 4.69) is 25.2 Å². The number of ether oxygens (including phenoxy) is 2. The summed E-state index contributed by atoms with van der Waals surface area (Å²) in [5.74, 6) is 0.208. The SMILES string of the molecule is COC(=O)C=C1SC(c2nn(-c3ccc(OC)cc3)nc2NC2CCCCC2)=NC1=O. The third kappa shape index (κ3) is 4.79. The maximum Gasteiger partial charge on any atom is 0.331 e. The Labute approximate surface area is 183 Å². The van der Waals surface area contributed by atoms with Crippen LogP contribution in [0.5, 0.6) is 5.75 Å². The summed E-state index contributed by atoms with van der Waals surface area (Å²) in [7, 11) is 2.87. The van der Waals surface area contributed by atoms with Crippen molar-refractivity contribution < 1.29 is 19.1 Å². The number of benzene rings is 1. The van der Waals surface area contributed by atoms with Gasteiger partial charge in [-0.25, -0.2) is 4.79 Å². The zero-order valence-electron chi connectivity index (χ0n) is 17.3. The van der Waals surface area contributed by atoms with Crippen molar-refractivity contribution in [1.29, 1.82) is 0 Å². The first-order chi connectivity index (χ1) is 15.1. The molecule has 1 aromatic heterocycles. The van der Waals surface area contributed by atoms with E-state index in [1.54, 1.807) is 7.11 Å². The fraction of sp³-hybridized carbons (Fsp3) is 0.381. The van der Waals surface area contributed by atoms with E-state index in [9.17, 15) is 9.59 Å². The highest BCUT2D eigenvalue weighted by atomic mass is 32.2. The van der Waals surface area contributed by atoms with E-state index < -0.39 is 11.9 Å². The first kappa shape index (κ1) is 21.1. The number of methoxy groups -OCH3 is 2. The fourth-order valence-electron chi connectivity index (χ4n) is 3.50. The van der Waals surface area contributed by atoms with Crippen LogP contribution in [0.3, 0.4) is 0 Å². The van der Waals surface area contributed by atoms with Crippen LogP contribution in [0.4, 0.5) is 5.82 Å². The summed E-state index contributed by atoms with van der Waals surface area (Å²) in [6, 6.07) is 7.65. The smallest absolute Gasteiger partial charge is 0.331 e. The molecule has 1 aliphatic heterocycles. The van der Waals surface area contributed by atoms with Crippen molar-refractivity contribution in [1.82, 2.24) is 15.0 Å². The number of nitrogens with one attached hydrogen (secondary N) is 1. The quantitative estimate of drug-likeness (QED) is 0.538. The predicted octanol–water partition coefficient (Wildman–Crippen LogP) is 3.10. The normalized spacial score (nSPS) is 18.2. The molecule has 162 valence electrons. The summed E-state index contributed by atoms with van der Waals surface area (Å²) in [5.41, 5.74) is 1.23. The molecule has 1 fully saturated rings. The molecule has 10 heteroatoms. The molecule has 1 aromatic carbocycles. The monoisotopic (exact) mass is 441 g/mol. The highest BCUT2D eigenvalue weighted by molar-refractivity contribution is 8.19. The molecular formula is C21H23N5O4S. The van der Waals surface area contributed by atoms with Gasteiger partial charge in [0.05, 0.1) is 24.8 Å². The van der Waals surface area contributed by atoms with Crippen LogP contribution in [-0.4, -0.2) is 52.2 Å². The third-order valence-electron chi connectivity index (χ3n) is 5.14. The summed E-state index contributed by atoms with van der Waals surface area (Å²) in [5, 5.41) is 13.1. The van der Waals surface area contributed by atoms with Gasteiger partial charge < -0.3 is 14.8 Å². The number of anilines is 1. The van der Waals surface area contributed by atoms with Gasteiger partial charge in [-0.1, -0.05) is 31.0 Å². The Kier molecular flexibility index (Phi) is 6.36. The Morgan fingerprint density at radius 2 is 1.90 bits per heavy atom. The van der Waals surface area contributed by atoms with Gasteiger partial charge in [0.15, 0.2) is 11.5 Å². The van der Waals surface area contributed by atoms with Crippen molar-refractivity contribution in [3.05, 3.63) is 40.9 Å². The van der Waals surface area contributed by atoms with E-state index in [4.69, 9.17) is 4.74 Å². The summed E-state index contributed by atoms with van der Waals surface area (Å²) < 4.78 is 9.83. The van der Waals surface area contributed by atoms with Crippen molar-refractivity contribution in [3.8, 4) is 11.4 Å². The van der Waals surface area contributed by atoms with Crippen molar-refractivity contribution in [3.63, 3.8) is 0 Å². The van der Waals surface area contributed by atoms with Crippen LogP contribution < -0.4 is 10.1 Å². The lowest BCUT2D eigenvalue weighted by Gasteiger charge is -2.22. The first-order valence-electron chi connectivity index (χ1n) is 10.1.